The van der Waals surface area contributed by atoms with Gasteiger partial charge in [0.25, 0.3) is 0 Å². The minimum absolute atomic E-state index is 0.0835. The Kier molecular flexibility index (Phi) is 6.32. The van der Waals surface area contributed by atoms with Gasteiger partial charge in [-0.05, 0) is 18.8 Å². The number of carbonyl (C=O) groups is 3. The van der Waals surface area contributed by atoms with E-state index in [-0.39, 0.29) is 18.7 Å². The van der Waals surface area contributed by atoms with Gasteiger partial charge in [0.05, 0.1) is 0 Å². The van der Waals surface area contributed by atoms with Gasteiger partial charge in [0.2, 0.25) is 5.91 Å². The molecule has 1 aliphatic rings. The van der Waals surface area contributed by atoms with Crippen molar-refractivity contribution in [3.8, 4) is 0 Å². The predicted molar refractivity (Wildman–Crippen MR) is 67.6 cm³/mol. The first-order valence-corrected chi connectivity index (χ1v) is 6.73. The first-order valence-electron chi connectivity index (χ1n) is 6.73. The second kappa shape index (κ2) is 7.76. The lowest BCUT2D eigenvalue weighted by molar-refractivity contribution is -0.143. The summed E-state index contributed by atoms with van der Waals surface area (Å²) in [5.74, 6) is -1.97. The molecule has 1 atom stereocenters. The van der Waals surface area contributed by atoms with Crippen molar-refractivity contribution in [1.29, 1.82) is 0 Å². The summed E-state index contributed by atoms with van der Waals surface area (Å²) in [7, 11) is 0. The Hall–Kier alpha value is -1.59. The number of nitrogens with one attached hydrogen (secondary N) is 1. The summed E-state index contributed by atoms with van der Waals surface area (Å²) in [6.07, 6.45) is 5.48. The third kappa shape index (κ3) is 6.22. The molecule has 0 bridgehead atoms. The maximum absolute atomic E-state index is 11.6. The van der Waals surface area contributed by atoms with Crippen LogP contribution in [0.2, 0.25) is 0 Å². The van der Waals surface area contributed by atoms with Crippen LogP contribution in [0.3, 0.4) is 0 Å². The number of hydrogen-bond donors (Lipinski definition) is 3. The molecule has 0 aromatic rings. The van der Waals surface area contributed by atoms with Crippen LogP contribution in [0.4, 0.5) is 0 Å². The van der Waals surface area contributed by atoms with Gasteiger partial charge < -0.3 is 15.5 Å². The normalized spacial score (nSPS) is 17.1. The van der Waals surface area contributed by atoms with Crippen molar-refractivity contribution in [2.75, 3.05) is 0 Å². The van der Waals surface area contributed by atoms with E-state index in [9.17, 15) is 14.4 Å². The van der Waals surface area contributed by atoms with E-state index in [1.54, 1.807) is 0 Å². The molecular formula is C13H21NO5. The van der Waals surface area contributed by atoms with Crippen molar-refractivity contribution in [2.24, 2.45) is 5.92 Å². The Balaban J connectivity index is 2.29. The quantitative estimate of drug-likeness (QED) is 0.619. The van der Waals surface area contributed by atoms with Crippen molar-refractivity contribution < 1.29 is 24.6 Å². The van der Waals surface area contributed by atoms with E-state index in [0.717, 1.165) is 19.3 Å². The van der Waals surface area contributed by atoms with Gasteiger partial charge in [0.1, 0.15) is 6.04 Å². The van der Waals surface area contributed by atoms with Crippen LogP contribution in [0, 0.1) is 5.92 Å². The molecule has 1 amide bonds. The fourth-order valence-corrected chi connectivity index (χ4v) is 2.43. The van der Waals surface area contributed by atoms with E-state index in [1.165, 1.54) is 12.8 Å². The molecule has 0 aliphatic heterocycles. The Morgan fingerprint density at radius 2 is 1.74 bits per heavy atom. The van der Waals surface area contributed by atoms with Gasteiger partial charge in [-0.3, -0.25) is 9.59 Å². The lowest BCUT2D eigenvalue weighted by Crippen LogP contribution is -2.41. The summed E-state index contributed by atoms with van der Waals surface area (Å²) in [6, 6.07) is -1.10. The molecule has 0 aromatic heterocycles. The standard InChI is InChI=1S/C13H21NO5/c15-11(7-5-9-3-1-2-4-9)14-10(13(18)19)6-8-12(16)17/h9-10H,1-8H2,(H,14,15)(H,16,17)(H,18,19). The van der Waals surface area contributed by atoms with E-state index in [1.807, 2.05) is 0 Å². The molecule has 0 saturated heterocycles. The SMILES string of the molecule is O=C(O)CCC(NC(=O)CCC1CCCC1)C(=O)O. The minimum Gasteiger partial charge on any atom is -0.481 e. The van der Waals surface area contributed by atoms with Gasteiger partial charge in [-0.15, -0.1) is 0 Å². The molecule has 0 aromatic carbocycles. The Morgan fingerprint density at radius 1 is 1.11 bits per heavy atom. The van der Waals surface area contributed by atoms with E-state index < -0.39 is 18.0 Å². The molecule has 1 saturated carbocycles. The van der Waals surface area contributed by atoms with E-state index in [4.69, 9.17) is 10.2 Å². The zero-order valence-electron chi connectivity index (χ0n) is 10.9. The first-order chi connectivity index (χ1) is 8.99. The van der Waals surface area contributed by atoms with Crippen LogP contribution in [0.15, 0.2) is 0 Å². The van der Waals surface area contributed by atoms with Crippen LogP contribution in [0.1, 0.15) is 51.4 Å². The fraction of sp³-hybridized carbons (Fsp3) is 0.769. The number of amides is 1. The molecule has 3 N–H and O–H groups in total. The van der Waals surface area contributed by atoms with Crippen LogP contribution in [0.5, 0.6) is 0 Å². The number of carboxylic acids is 2. The van der Waals surface area contributed by atoms with Crippen LogP contribution >= 0.6 is 0 Å². The Bertz CT molecular complexity index is 336. The second-order valence-electron chi connectivity index (χ2n) is 5.08. The van der Waals surface area contributed by atoms with Crippen LogP contribution in [-0.4, -0.2) is 34.1 Å². The number of aliphatic carboxylic acids is 2. The highest BCUT2D eigenvalue weighted by Crippen LogP contribution is 2.28. The highest BCUT2D eigenvalue weighted by Gasteiger charge is 2.22. The molecule has 0 radical (unpaired) electrons. The fourth-order valence-electron chi connectivity index (χ4n) is 2.43. The molecule has 19 heavy (non-hydrogen) atoms. The van der Waals surface area contributed by atoms with Gasteiger partial charge >= 0.3 is 11.9 Å². The van der Waals surface area contributed by atoms with Gasteiger partial charge in [0.15, 0.2) is 0 Å². The Labute approximate surface area is 112 Å². The minimum atomic E-state index is -1.18. The maximum Gasteiger partial charge on any atom is 0.326 e. The smallest absolute Gasteiger partial charge is 0.326 e. The maximum atomic E-state index is 11.6. The molecular weight excluding hydrogens is 250 g/mol. The van der Waals surface area contributed by atoms with E-state index in [0.29, 0.717) is 12.3 Å². The Morgan fingerprint density at radius 3 is 2.26 bits per heavy atom. The van der Waals surface area contributed by atoms with E-state index >= 15 is 0 Å². The molecule has 1 rings (SSSR count). The number of hydrogen-bond acceptors (Lipinski definition) is 3. The zero-order chi connectivity index (χ0) is 14.3. The number of rotatable bonds is 8. The molecule has 1 aliphatic carbocycles. The zero-order valence-corrected chi connectivity index (χ0v) is 10.9. The third-order valence-corrected chi connectivity index (χ3v) is 3.53. The molecule has 0 spiro atoms. The van der Waals surface area contributed by atoms with Crippen LogP contribution in [-0.2, 0) is 14.4 Å². The molecule has 108 valence electrons. The van der Waals surface area contributed by atoms with Crippen molar-refractivity contribution >= 4 is 17.8 Å². The van der Waals surface area contributed by atoms with Crippen molar-refractivity contribution in [3.05, 3.63) is 0 Å². The summed E-state index contributed by atoms with van der Waals surface area (Å²) in [6.45, 7) is 0. The van der Waals surface area contributed by atoms with Gasteiger partial charge in [-0.2, -0.15) is 0 Å². The summed E-state index contributed by atoms with van der Waals surface area (Å²) >= 11 is 0. The van der Waals surface area contributed by atoms with Gasteiger partial charge in [-0.25, -0.2) is 4.79 Å². The highest BCUT2D eigenvalue weighted by molar-refractivity contribution is 5.83. The lowest BCUT2D eigenvalue weighted by atomic mass is 10.0. The van der Waals surface area contributed by atoms with Crippen molar-refractivity contribution in [1.82, 2.24) is 5.32 Å². The molecule has 6 nitrogen and oxygen atoms in total. The van der Waals surface area contributed by atoms with Gasteiger partial charge in [0, 0.05) is 12.8 Å². The van der Waals surface area contributed by atoms with Crippen molar-refractivity contribution in [2.45, 2.75) is 57.4 Å². The monoisotopic (exact) mass is 271 g/mol. The number of carbonyl (C=O) groups excluding carboxylic acids is 1. The summed E-state index contributed by atoms with van der Waals surface area (Å²) in [5, 5.41) is 19.8. The highest BCUT2D eigenvalue weighted by atomic mass is 16.4. The number of carboxylic acid groups (broad SMARTS) is 2. The molecule has 6 heteroatoms. The third-order valence-electron chi connectivity index (χ3n) is 3.53. The lowest BCUT2D eigenvalue weighted by Gasteiger charge is -2.14. The average molecular weight is 271 g/mol. The summed E-state index contributed by atoms with van der Waals surface area (Å²) < 4.78 is 0. The topological polar surface area (TPSA) is 104 Å². The van der Waals surface area contributed by atoms with Crippen LogP contribution < -0.4 is 5.32 Å². The molecule has 0 heterocycles. The largest absolute Gasteiger partial charge is 0.481 e. The summed E-state index contributed by atoms with van der Waals surface area (Å²) in [4.78, 5) is 32.9. The first kappa shape index (κ1) is 15.5. The van der Waals surface area contributed by atoms with E-state index in [2.05, 4.69) is 5.32 Å². The molecule has 1 fully saturated rings. The molecule has 1 unspecified atom stereocenters. The van der Waals surface area contributed by atoms with Crippen molar-refractivity contribution in [3.63, 3.8) is 0 Å². The van der Waals surface area contributed by atoms with Crippen LogP contribution in [0.25, 0.3) is 0 Å². The summed E-state index contributed by atoms with van der Waals surface area (Å²) in [5.41, 5.74) is 0. The second-order valence-corrected chi connectivity index (χ2v) is 5.08. The van der Waals surface area contributed by atoms with Gasteiger partial charge in [-0.1, -0.05) is 25.7 Å². The predicted octanol–water partition coefficient (Wildman–Crippen LogP) is 1.39. The average Bonchev–Trinajstić information content (AvgIpc) is 2.84.